The largest absolute Gasteiger partial charge is 0.325 e. The van der Waals surface area contributed by atoms with Crippen LogP contribution in [0.5, 0.6) is 0 Å². The van der Waals surface area contributed by atoms with Crippen LogP contribution in [0.4, 0.5) is 5.69 Å². The van der Waals surface area contributed by atoms with Gasteiger partial charge in [0.2, 0.25) is 5.91 Å². The molecule has 20 heavy (non-hydrogen) atoms. The molecule has 1 heterocycles. The maximum absolute atomic E-state index is 11.7. The zero-order valence-corrected chi connectivity index (χ0v) is 11.8. The highest BCUT2D eigenvalue weighted by atomic mass is 35.5. The van der Waals surface area contributed by atoms with E-state index in [0.29, 0.717) is 6.54 Å². The summed E-state index contributed by atoms with van der Waals surface area (Å²) in [7, 11) is 0. The van der Waals surface area contributed by atoms with Crippen molar-refractivity contribution in [3.63, 3.8) is 0 Å². The molecule has 0 unspecified atom stereocenters. The summed E-state index contributed by atoms with van der Waals surface area (Å²) < 4.78 is 0. The molecule has 106 valence electrons. The summed E-state index contributed by atoms with van der Waals surface area (Å²) in [5.74, 6) is 0.757. The first-order chi connectivity index (χ1) is 9.31. The van der Waals surface area contributed by atoms with Gasteiger partial charge in [-0.1, -0.05) is 0 Å². The van der Waals surface area contributed by atoms with Crippen LogP contribution in [0, 0.1) is 5.92 Å². The lowest BCUT2D eigenvalue weighted by Gasteiger charge is -2.06. The number of benzene rings is 1. The van der Waals surface area contributed by atoms with Crippen molar-refractivity contribution >= 4 is 35.0 Å². The number of anilines is 1. The van der Waals surface area contributed by atoms with Gasteiger partial charge in [-0.15, -0.1) is 12.4 Å². The third-order valence-electron chi connectivity index (χ3n) is 3.17. The number of rotatable bonds is 5. The molecule has 0 aliphatic heterocycles. The Labute approximate surface area is 123 Å². The van der Waals surface area contributed by atoms with E-state index in [1.165, 1.54) is 12.8 Å². The van der Waals surface area contributed by atoms with Gasteiger partial charge in [0.15, 0.2) is 0 Å². The Bertz CT molecular complexity index is 600. The monoisotopic (exact) mass is 292 g/mol. The van der Waals surface area contributed by atoms with Crippen LogP contribution in [0.1, 0.15) is 12.8 Å². The molecule has 1 saturated carbocycles. The first-order valence-corrected chi connectivity index (χ1v) is 6.52. The number of hydrogen-bond donors (Lipinski definition) is 2. The number of nitrogens with zero attached hydrogens (tertiary/aromatic N) is 2. The standard InChI is InChI=1S/C14H16N4O.ClH/c19-14(9-15-8-10-1-2-10)18-11-3-4-12-13(7-11)17-6-5-16-12;/h3-7,10,15H,1-2,8-9H2,(H,18,19);1H. The van der Waals surface area contributed by atoms with Gasteiger partial charge in [-0.25, -0.2) is 0 Å². The van der Waals surface area contributed by atoms with E-state index in [-0.39, 0.29) is 18.3 Å². The minimum absolute atomic E-state index is 0. The van der Waals surface area contributed by atoms with E-state index in [9.17, 15) is 4.79 Å². The highest BCUT2D eigenvalue weighted by Crippen LogP contribution is 2.27. The number of fused-ring (bicyclic) bond motifs is 1. The van der Waals surface area contributed by atoms with E-state index in [1.54, 1.807) is 12.4 Å². The van der Waals surface area contributed by atoms with Crippen LogP contribution in [0.3, 0.4) is 0 Å². The fourth-order valence-corrected chi connectivity index (χ4v) is 1.96. The Balaban J connectivity index is 0.00000147. The second-order valence-electron chi connectivity index (χ2n) is 4.88. The molecule has 5 nitrogen and oxygen atoms in total. The maximum atomic E-state index is 11.7. The smallest absolute Gasteiger partial charge is 0.238 e. The normalized spacial score (nSPS) is 13.8. The highest BCUT2D eigenvalue weighted by molar-refractivity contribution is 5.94. The van der Waals surface area contributed by atoms with Crippen molar-refractivity contribution in [3.8, 4) is 0 Å². The fraction of sp³-hybridized carbons (Fsp3) is 0.357. The molecule has 2 aromatic rings. The Morgan fingerprint density at radius 2 is 1.95 bits per heavy atom. The lowest BCUT2D eigenvalue weighted by Crippen LogP contribution is -2.29. The van der Waals surface area contributed by atoms with Gasteiger partial charge < -0.3 is 10.6 Å². The fourth-order valence-electron chi connectivity index (χ4n) is 1.96. The predicted molar refractivity (Wildman–Crippen MR) is 81.0 cm³/mol. The molecule has 0 bridgehead atoms. The second-order valence-corrected chi connectivity index (χ2v) is 4.88. The van der Waals surface area contributed by atoms with E-state index in [2.05, 4.69) is 20.6 Å². The molecule has 0 atom stereocenters. The maximum Gasteiger partial charge on any atom is 0.238 e. The van der Waals surface area contributed by atoms with Crippen molar-refractivity contribution in [1.29, 1.82) is 0 Å². The van der Waals surface area contributed by atoms with E-state index >= 15 is 0 Å². The number of carbonyl (C=O) groups is 1. The third-order valence-corrected chi connectivity index (χ3v) is 3.17. The summed E-state index contributed by atoms with van der Waals surface area (Å²) in [6, 6.07) is 5.53. The van der Waals surface area contributed by atoms with E-state index in [1.807, 2.05) is 18.2 Å². The molecular formula is C14H17ClN4O. The zero-order valence-electron chi connectivity index (χ0n) is 11.0. The SMILES string of the molecule is Cl.O=C(CNCC1CC1)Nc1ccc2nccnc2c1. The number of halogens is 1. The van der Waals surface area contributed by atoms with Gasteiger partial charge in [-0.2, -0.15) is 0 Å². The molecule has 1 amide bonds. The minimum atomic E-state index is -0.0242. The van der Waals surface area contributed by atoms with Crippen molar-refractivity contribution < 1.29 is 4.79 Å². The average Bonchev–Trinajstić information content (AvgIpc) is 3.23. The molecule has 1 aliphatic carbocycles. The van der Waals surface area contributed by atoms with Crippen LogP contribution in [-0.2, 0) is 4.79 Å². The third kappa shape index (κ3) is 3.88. The first-order valence-electron chi connectivity index (χ1n) is 6.52. The molecule has 1 aromatic carbocycles. The summed E-state index contributed by atoms with van der Waals surface area (Å²) in [6.45, 7) is 1.30. The van der Waals surface area contributed by atoms with Crippen LogP contribution in [-0.4, -0.2) is 29.0 Å². The van der Waals surface area contributed by atoms with E-state index < -0.39 is 0 Å². The zero-order chi connectivity index (χ0) is 13.1. The molecule has 1 aliphatic rings. The molecule has 0 radical (unpaired) electrons. The molecule has 3 rings (SSSR count). The molecule has 2 N–H and O–H groups in total. The summed E-state index contributed by atoms with van der Waals surface area (Å²) >= 11 is 0. The molecule has 1 fully saturated rings. The van der Waals surface area contributed by atoms with Crippen LogP contribution in [0.15, 0.2) is 30.6 Å². The molecule has 6 heteroatoms. The first kappa shape index (κ1) is 14.7. The minimum Gasteiger partial charge on any atom is -0.325 e. The number of carbonyl (C=O) groups excluding carboxylic acids is 1. The number of nitrogens with one attached hydrogen (secondary N) is 2. The van der Waals surface area contributed by atoms with Gasteiger partial charge in [-0.05, 0) is 43.5 Å². The summed E-state index contributed by atoms with van der Waals surface area (Å²) in [5, 5.41) is 6.02. The molecular weight excluding hydrogens is 276 g/mol. The van der Waals surface area contributed by atoms with E-state index in [0.717, 1.165) is 29.2 Å². The predicted octanol–water partition coefficient (Wildman–Crippen LogP) is 1.99. The Morgan fingerprint density at radius 3 is 2.70 bits per heavy atom. The lowest BCUT2D eigenvalue weighted by molar-refractivity contribution is -0.115. The van der Waals surface area contributed by atoms with Gasteiger partial charge in [0.05, 0.1) is 17.6 Å². The number of amides is 1. The van der Waals surface area contributed by atoms with Crippen molar-refractivity contribution in [2.75, 3.05) is 18.4 Å². The van der Waals surface area contributed by atoms with Gasteiger partial charge in [-0.3, -0.25) is 14.8 Å². The van der Waals surface area contributed by atoms with Crippen molar-refractivity contribution in [1.82, 2.24) is 15.3 Å². The molecule has 1 aromatic heterocycles. The van der Waals surface area contributed by atoms with Gasteiger partial charge in [0.25, 0.3) is 0 Å². The van der Waals surface area contributed by atoms with E-state index in [4.69, 9.17) is 0 Å². The average molecular weight is 293 g/mol. The summed E-state index contributed by atoms with van der Waals surface area (Å²) in [5.41, 5.74) is 2.37. The molecule has 0 spiro atoms. The quantitative estimate of drug-likeness (QED) is 0.884. The lowest BCUT2D eigenvalue weighted by atomic mass is 10.2. The highest BCUT2D eigenvalue weighted by Gasteiger charge is 2.20. The van der Waals surface area contributed by atoms with Gasteiger partial charge in [0, 0.05) is 18.1 Å². The van der Waals surface area contributed by atoms with Crippen LogP contribution in [0.25, 0.3) is 11.0 Å². The Kier molecular flexibility index (Phi) is 4.87. The number of aromatic nitrogens is 2. The van der Waals surface area contributed by atoms with Gasteiger partial charge >= 0.3 is 0 Å². The summed E-state index contributed by atoms with van der Waals surface area (Å²) in [6.07, 6.45) is 5.88. The van der Waals surface area contributed by atoms with Crippen molar-refractivity contribution in [3.05, 3.63) is 30.6 Å². The van der Waals surface area contributed by atoms with Gasteiger partial charge in [0.1, 0.15) is 0 Å². The van der Waals surface area contributed by atoms with Crippen LogP contribution < -0.4 is 10.6 Å². The second kappa shape index (κ2) is 6.63. The Morgan fingerprint density at radius 1 is 1.20 bits per heavy atom. The van der Waals surface area contributed by atoms with Crippen LogP contribution >= 0.6 is 12.4 Å². The topological polar surface area (TPSA) is 66.9 Å². The Hall–Kier alpha value is -1.72. The number of hydrogen-bond acceptors (Lipinski definition) is 4. The molecule has 0 saturated heterocycles. The van der Waals surface area contributed by atoms with Crippen molar-refractivity contribution in [2.24, 2.45) is 5.92 Å². The van der Waals surface area contributed by atoms with Crippen molar-refractivity contribution in [2.45, 2.75) is 12.8 Å². The van der Waals surface area contributed by atoms with Crippen LogP contribution in [0.2, 0.25) is 0 Å². The summed E-state index contributed by atoms with van der Waals surface area (Å²) in [4.78, 5) is 20.1.